The summed E-state index contributed by atoms with van der Waals surface area (Å²) in [5, 5.41) is 0. The Hall–Kier alpha value is -3.54. The molecule has 2 N–H and O–H groups in total. The smallest absolute Gasteiger partial charge is 0.251 e. The number of rotatable bonds is 3. The molecule has 0 fully saturated rings. The molecule has 0 spiro atoms. The summed E-state index contributed by atoms with van der Waals surface area (Å²) in [6.45, 7) is 0. The third-order valence-corrected chi connectivity index (χ3v) is 4.17. The van der Waals surface area contributed by atoms with E-state index < -0.39 is 23.1 Å². The Morgan fingerprint density at radius 3 is 2.42 bits per heavy atom. The summed E-state index contributed by atoms with van der Waals surface area (Å²) < 4.78 is 31.0. The van der Waals surface area contributed by atoms with Gasteiger partial charge in [0.2, 0.25) is 0 Å². The van der Waals surface area contributed by atoms with Crippen molar-refractivity contribution in [2.75, 3.05) is 0 Å². The van der Waals surface area contributed by atoms with Crippen molar-refractivity contribution in [3.63, 3.8) is 0 Å². The molecule has 1 amide bonds. The van der Waals surface area contributed by atoms with Gasteiger partial charge >= 0.3 is 0 Å². The summed E-state index contributed by atoms with van der Waals surface area (Å²) in [6.07, 6.45) is 3.49. The molecular weight excluding hydrogens is 336 g/mol. The minimum Gasteiger partial charge on any atom is -0.366 e. The number of halogens is 2. The van der Waals surface area contributed by atoms with Crippen LogP contribution in [0.5, 0.6) is 0 Å². The number of nitrogens with two attached hydrogens (primary N) is 1. The van der Waals surface area contributed by atoms with Crippen LogP contribution < -0.4 is 5.73 Å². The van der Waals surface area contributed by atoms with Gasteiger partial charge in [-0.25, -0.2) is 13.8 Å². The first-order valence-corrected chi connectivity index (χ1v) is 7.87. The average Bonchev–Trinajstić information content (AvgIpc) is 3.08. The molecule has 6 heteroatoms. The quantitative estimate of drug-likeness (QED) is 0.607. The second-order valence-corrected chi connectivity index (χ2v) is 5.80. The molecule has 0 unspecified atom stereocenters. The molecule has 4 nitrogen and oxygen atoms in total. The number of pyridine rings is 1. The van der Waals surface area contributed by atoms with E-state index in [4.69, 9.17) is 5.73 Å². The van der Waals surface area contributed by atoms with E-state index >= 15 is 0 Å². The molecule has 0 aliphatic carbocycles. The molecule has 0 radical (unpaired) electrons. The molecule has 0 bridgehead atoms. The van der Waals surface area contributed by atoms with E-state index in [1.165, 1.54) is 6.07 Å². The van der Waals surface area contributed by atoms with E-state index in [1.54, 1.807) is 53.2 Å². The van der Waals surface area contributed by atoms with E-state index in [0.29, 0.717) is 22.5 Å². The highest BCUT2D eigenvalue weighted by atomic mass is 19.2. The SMILES string of the molecule is NC(=O)c1cc(-c2cn3ccccc3n2)c(-c2ccccc2)c(F)c1F. The Morgan fingerprint density at radius 2 is 1.73 bits per heavy atom. The molecule has 0 aliphatic heterocycles. The van der Waals surface area contributed by atoms with Crippen LogP contribution in [0.15, 0.2) is 67.0 Å². The number of carbonyl (C=O) groups excluding carboxylic acids is 1. The highest BCUT2D eigenvalue weighted by Crippen LogP contribution is 2.36. The highest BCUT2D eigenvalue weighted by molar-refractivity contribution is 5.97. The fraction of sp³-hybridized carbons (Fsp3) is 0. The van der Waals surface area contributed by atoms with Gasteiger partial charge in [0.25, 0.3) is 5.91 Å². The lowest BCUT2D eigenvalue weighted by Gasteiger charge is -2.12. The Balaban J connectivity index is 2.07. The second-order valence-electron chi connectivity index (χ2n) is 5.80. The fourth-order valence-corrected chi connectivity index (χ4v) is 2.96. The molecule has 0 aliphatic rings. The summed E-state index contributed by atoms with van der Waals surface area (Å²) >= 11 is 0. The third kappa shape index (κ3) is 2.52. The van der Waals surface area contributed by atoms with Crippen molar-refractivity contribution >= 4 is 11.6 Å². The van der Waals surface area contributed by atoms with Crippen molar-refractivity contribution in [3.8, 4) is 22.4 Å². The van der Waals surface area contributed by atoms with Crippen molar-refractivity contribution in [1.29, 1.82) is 0 Å². The lowest BCUT2D eigenvalue weighted by atomic mass is 9.94. The van der Waals surface area contributed by atoms with Crippen LogP contribution in [0.2, 0.25) is 0 Å². The first-order valence-electron chi connectivity index (χ1n) is 7.87. The van der Waals surface area contributed by atoms with E-state index in [0.717, 1.165) is 0 Å². The molecule has 2 aromatic carbocycles. The first kappa shape index (κ1) is 16.0. The zero-order chi connectivity index (χ0) is 18.3. The fourth-order valence-electron chi connectivity index (χ4n) is 2.96. The maximum absolute atomic E-state index is 14.9. The molecule has 2 aromatic heterocycles. The number of imidazole rings is 1. The van der Waals surface area contributed by atoms with Crippen LogP contribution in [0, 0.1) is 11.6 Å². The summed E-state index contributed by atoms with van der Waals surface area (Å²) in [4.78, 5) is 16.0. The van der Waals surface area contributed by atoms with E-state index in [2.05, 4.69) is 4.98 Å². The normalized spacial score (nSPS) is 11.0. The Bertz CT molecular complexity index is 1100. The number of hydrogen-bond donors (Lipinski definition) is 1. The number of aromatic nitrogens is 2. The standard InChI is InChI=1S/C20H13F2N3O/c21-18-14(20(23)26)10-13(15-11-25-9-5-4-8-16(25)24-15)17(19(18)22)12-6-2-1-3-7-12/h1-11H,(H2,23,26). The van der Waals surface area contributed by atoms with Crippen LogP contribution >= 0.6 is 0 Å². The number of fused-ring (bicyclic) bond motifs is 1. The number of benzene rings is 2. The van der Waals surface area contributed by atoms with E-state index in [9.17, 15) is 13.6 Å². The van der Waals surface area contributed by atoms with Gasteiger partial charge in [0.1, 0.15) is 5.65 Å². The molecular formula is C20H13F2N3O. The van der Waals surface area contributed by atoms with Gasteiger partial charge in [-0.1, -0.05) is 36.4 Å². The Morgan fingerprint density at radius 1 is 1.00 bits per heavy atom. The van der Waals surface area contributed by atoms with Crippen molar-refractivity contribution in [2.45, 2.75) is 0 Å². The van der Waals surface area contributed by atoms with Gasteiger partial charge in [-0.15, -0.1) is 0 Å². The zero-order valence-corrected chi connectivity index (χ0v) is 13.5. The third-order valence-electron chi connectivity index (χ3n) is 4.17. The number of hydrogen-bond acceptors (Lipinski definition) is 2. The summed E-state index contributed by atoms with van der Waals surface area (Å²) in [5.74, 6) is -3.42. The summed E-state index contributed by atoms with van der Waals surface area (Å²) in [6, 6.07) is 15.3. The maximum atomic E-state index is 14.9. The lowest BCUT2D eigenvalue weighted by molar-refractivity contribution is 0.0995. The van der Waals surface area contributed by atoms with Crippen molar-refractivity contribution in [3.05, 3.63) is 84.2 Å². The molecule has 0 saturated heterocycles. The molecule has 4 rings (SSSR count). The zero-order valence-electron chi connectivity index (χ0n) is 13.5. The number of carbonyl (C=O) groups is 1. The molecule has 2 heterocycles. The Kier molecular flexibility index (Phi) is 3.73. The van der Waals surface area contributed by atoms with Crippen LogP contribution in [0.3, 0.4) is 0 Å². The van der Waals surface area contributed by atoms with Gasteiger partial charge in [0, 0.05) is 23.5 Å². The monoisotopic (exact) mass is 349 g/mol. The highest BCUT2D eigenvalue weighted by Gasteiger charge is 2.24. The lowest BCUT2D eigenvalue weighted by Crippen LogP contribution is -2.15. The molecule has 26 heavy (non-hydrogen) atoms. The number of primary amides is 1. The number of amides is 1. The molecule has 0 saturated carbocycles. The van der Waals surface area contributed by atoms with Gasteiger partial charge in [-0.2, -0.15) is 0 Å². The van der Waals surface area contributed by atoms with Gasteiger partial charge < -0.3 is 10.1 Å². The van der Waals surface area contributed by atoms with Crippen LogP contribution in [0.25, 0.3) is 28.0 Å². The minimum absolute atomic E-state index is 0.0384. The summed E-state index contributed by atoms with van der Waals surface area (Å²) in [5.41, 5.74) is 6.59. The van der Waals surface area contributed by atoms with Gasteiger partial charge in [-0.3, -0.25) is 4.79 Å². The maximum Gasteiger partial charge on any atom is 0.251 e. The number of nitrogens with zero attached hydrogens (tertiary/aromatic N) is 2. The largest absolute Gasteiger partial charge is 0.366 e. The van der Waals surface area contributed by atoms with E-state index in [1.807, 2.05) is 12.1 Å². The summed E-state index contributed by atoms with van der Waals surface area (Å²) in [7, 11) is 0. The molecule has 4 aromatic rings. The topological polar surface area (TPSA) is 60.4 Å². The van der Waals surface area contributed by atoms with Crippen LogP contribution in [-0.4, -0.2) is 15.3 Å². The first-order chi connectivity index (χ1) is 12.6. The Labute approximate surface area is 147 Å². The average molecular weight is 349 g/mol. The molecule has 128 valence electrons. The van der Waals surface area contributed by atoms with Crippen LogP contribution in [0.1, 0.15) is 10.4 Å². The van der Waals surface area contributed by atoms with Crippen molar-refractivity contribution < 1.29 is 13.6 Å². The van der Waals surface area contributed by atoms with Gasteiger partial charge in [0.15, 0.2) is 11.6 Å². The van der Waals surface area contributed by atoms with E-state index in [-0.39, 0.29) is 5.56 Å². The van der Waals surface area contributed by atoms with Crippen LogP contribution in [-0.2, 0) is 0 Å². The minimum atomic E-state index is -1.26. The molecule has 0 atom stereocenters. The van der Waals surface area contributed by atoms with Gasteiger partial charge in [-0.05, 0) is 23.8 Å². The van der Waals surface area contributed by atoms with Crippen molar-refractivity contribution in [2.24, 2.45) is 5.73 Å². The van der Waals surface area contributed by atoms with Gasteiger partial charge in [0.05, 0.1) is 11.3 Å². The van der Waals surface area contributed by atoms with Crippen molar-refractivity contribution in [1.82, 2.24) is 9.38 Å². The second kappa shape index (κ2) is 6.07. The predicted molar refractivity (Wildman–Crippen MR) is 94.5 cm³/mol. The van der Waals surface area contributed by atoms with Crippen LogP contribution in [0.4, 0.5) is 8.78 Å². The predicted octanol–water partition coefficient (Wildman–Crippen LogP) is 4.05.